The zero-order valence-electron chi connectivity index (χ0n) is 9.61. The first-order valence-corrected chi connectivity index (χ1v) is 6.12. The second-order valence-corrected chi connectivity index (χ2v) is 4.58. The third-order valence-corrected chi connectivity index (χ3v) is 3.21. The monoisotopic (exact) mass is 279 g/mol. The number of ether oxygens (including phenoxy) is 1. The molecule has 0 fully saturated rings. The van der Waals surface area contributed by atoms with Gasteiger partial charge in [0.1, 0.15) is 17.2 Å². The van der Waals surface area contributed by atoms with Crippen molar-refractivity contribution >= 4 is 23.0 Å². The minimum absolute atomic E-state index is 0.00218. The molecule has 6 nitrogen and oxygen atoms in total. The van der Waals surface area contributed by atoms with Crippen LogP contribution in [0.1, 0.15) is 15.2 Å². The van der Waals surface area contributed by atoms with Gasteiger partial charge in [0.2, 0.25) is 0 Å². The molecule has 19 heavy (non-hydrogen) atoms. The molecule has 0 aliphatic carbocycles. The van der Waals surface area contributed by atoms with Crippen LogP contribution in [0.4, 0.5) is 5.69 Å². The van der Waals surface area contributed by atoms with E-state index in [4.69, 9.17) is 9.84 Å². The Kier molecular flexibility index (Phi) is 3.76. The summed E-state index contributed by atoms with van der Waals surface area (Å²) in [4.78, 5) is 21.0. The van der Waals surface area contributed by atoms with E-state index in [0.29, 0.717) is 11.3 Å². The van der Waals surface area contributed by atoms with E-state index in [1.807, 2.05) is 0 Å². The maximum atomic E-state index is 10.7. The van der Waals surface area contributed by atoms with Gasteiger partial charge in [-0.3, -0.25) is 10.1 Å². The molecule has 0 amide bonds. The Morgan fingerprint density at radius 3 is 2.84 bits per heavy atom. The average molecular weight is 279 g/mol. The predicted octanol–water partition coefficient (Wildman–Crippen LogP) is 2.93. The fraction of sp³-hybridized carbons (Fsp3) is 0.0833. The van der Waals surface area contributed by atoms with Crippen LogP contribution in [0.15, 0.2) is 35.7 Å². The van der Waals surface area contributed by atoms with Gasteiger partial charge in [0.25, 0.3) is 5.69 Å². The molecule has 1 heterocycles. The maximum Gasteiger partial charge on any atom is 0.346 e. The summed E-state index contributed by atoms with van der Waals surface area (Å²) in [6.45, 7) is 0.150. The van der Waals surface area contributed by atoms with Crippen molar-refractivity contribution in [2.24, 2.45) is 0 Å². The van der Waals surface area contributed by atoms with Gasteiger partial charge in [-0.25, -0.2) is 4.79 Å². The number of hydrogen-bond acceptors (Lipinski definition) is 5. The molecule has 0 spiro atoms. The van der Waals surface area contributed by atoms with Crippen molar-refractivity contribution in [3.05, 3.63) is 56.3 Å². The second kappa shape index (κ2) is 5.49. The Balaban J connectivity index is 2.03. The molecule has 0 saturated carbocycles. The SMILES string of the molecule is O=C(O)c1cc(OCc2cccc([N+](=O)[O-])c2)cs1. The zero-order valence-corrected chi connectivity index (χ0v) is 10.4. The number of carboxylic acids is 1. The van der Waals surface area contributed by atoms with Crippen molar-refractivity contribution in [2.45, 2.75) is 6.61 Å². The van der Waals surface area contributed by atoms with Crippen LogP contribution in [-0.2, 0) is 6.61 Å². The second-order valence-electron chi connectivity index (χ2n) is 3.67. The van der Waals surface area contributed by atoms with E-state index in [-0.39, 0.29) is 17.2 Å². The molecular formula is C12H9NO5S. The molecule has 2 rings (SSSR count). The Hall–Kier alpha value is -2.41. The number of carbonyl (C=O) groups is 1. The van der Waals surface area contributed by atoms with Gasteiger partial charge in [-0.2, -0.15) is 0 Å². The van der Waals surface area contributed by atoms with E-state index in [0.717, 1.165) is 11.3 Å². The summed E-state index contributed by atoms with van der Waals surface area (Å²) in [5.74, 6) is -0.566. The van der Waals surface area contributed by atoms with Crippen molar-refractivity contribution < 1.29 is 19.6 Å². The van der Waals surface area contributed by atoms with Crippen molar-refractivity contribution in [3.8, 4) is 5.75 Å². The summed E-state index contributed by atoms with van der Waals surface area (Å²) < 4.78 is 5.38. The Morgan fingerprint density at radius 2 is 2.21 bits per heavy atom. The van der Waals surface area contributed by atoms with Crippen LogP contribution in [0.25, 0.3) is 0 Å². The van der Waals surface area contributed by atoms with E-state index in [1.54, 1.807) is 17.5 Å². The molecule has 1 aromatic carbocycles. The lowest BCUT2D eigenvalue weighted by Crippen LogP contribution is -1.96. The largest absolute Gasteiger partial charge is 0.488 e. The lowest BCUT2D eigenvalue weighted by molar-refractivity contribution is -0.384. The molecule has 7 heteroatoms. The minimum atomic E-state index is -1.00. The summed E-state index contributed by atoms with van der Waals surface area (Å²) in [6, 6.07) is 7.52. The van der Waals surface area contributed by atoms with Crippen molar-refractivity contribution in [2.75, 3.05) is 0 Å². The number of rotatable bonds is 5. The number of benzene rings is 1. The smallest absolute Gasteiger partial charge is 0.346 e. The topological polar surface area (TPSA) is 89.7 Å². The highest BCUT2D eigenvalue weighted by atomic mass is 32.1. The minimum Gasteiger partial charge on any atom is -0.488 e. The van der Waals surface area contributed by atoms with Gasteiger partial charge in [-0.05, 0) is 5.56 Å². The van der Waals surface area contributed by atoms with Gasteiger partial charge in [-0.1, -0.05) is 12.1 Å². The summed E-state index contributed by atoms with van der Waals surface area (Å²) in [5.41, 5.74) is 0.648. The van der Waals surface area contributed by atoms with E-state index in [1.165, 1.54) is 18.2 Å². The quantitative estimate of drug-likeness (QED) is 0.671. The van der Waals surface area contributed by atoms with Crippen molar-refractivity contribution in [1.82, 2.24) is 0 Å². The van der Waals surface area contributed by atoms with E-state index < -0.39 is 10.9 Å². The van der Waals surface area contributed by atoms with Crippen molar-refractivity contribution in [1.29, 1.82) is 0 Å². The third-order valence-electron chi connectivity index (χ3n) is 2.31. The highest BCUT2D eigenvalue weighted by Crippen LogP contribution is 2.23. The van der Waals surface area contributed by atoms with Crippen LogP contribution in [-0.4, -0.2) is 16.0 Å². The number of nitro groups is 1. The molecule has 0 aliphatic heterocycles. The van der Waals surface area contributed by atoms with Crippen molar-refractivity contribution in [3.63, 3.8) is 0 Å². The Bertz CT molecular complexity index is 622. The van der Waals surface area contributed by atoms with Gasteiger partial charge in [0.15, 0.2) is 0 Å². The summed E-state index contributed by atoms with van der Waals surface area (Å²) in [5, 5.41) is 21.0. The molecule has 0 bridgehead atoms. The lowest BCUT2D eigenvalue weighted by atomic mass is 10.2. The number of aromatic carboxylic acids is 1. The number of hydrogen-bond donors (Lipinski definition) is 1. The first kappa shape index (κ1) is 13.0. The van der Waals surface area contributed by atoms with Crippen LogP contribution >= 0.6 is 11.3 Å². The lowest BCUT2D eigenvalue weighted by Gasteiger charge is -2.03. The summed E-state index contributed by atoms with van der Waals surface area (Å²) >= 11 is 1.07. The molecule has 98 valence electrons. The van der Waals surface area contributed by atoms with Gasteiger partial charge < -0.3 is 9.84 Å². The fourth-order valence-electron chi connectivity index (χ4n) is 1.43. The number of thiophene rings is 1. The Labute approximate surface area is 112 Å². The Morgan fingerprint density at radius 1 is 1.42 bits per heavy atom. The molecule has 0 radical (unpaired) electrons. The maximum absolute atomic E-state index is 10.7. The molecule has 0 saturated heterocycles. The van der Waals surface area contributed by atoms with Crippen LogP contribution in [0.3, 0.4) is 0 Å². The predicted molar refractivity (Wildman–Crippen MR) is 68.7 cm³/mol. The average Bonchev–Trinajstić information content (AvgIpc) is 2.85. The van der Waals surface area contributed by atoms with Gasteiger partial charge in [0, 0.05) is 23.6 Å². The van der Waals surface area contributed by atoms with Gasteiger partial charge >= 0.3 is 5.97 Å². The van der Waals surface area contributed by atoms with Gasteiger partial charge in [0.05, 0.1) is 4.92 Å². The molecule has 1 aromatic heterocycles. The molecular weight excluding hydrogens is 270 g/mol. The van der Waals surface area contributed by atoms with E-state index in [9.17, 15) is 14.9 Å². The first-order valence-electron chi connectivity index (χ1n) is 5.24. The normalized spacial score (nSPS) is 10.1. The molecule has 0 atom stereocenters. The summed E-state index contributed by atoms with van der Waals surface area (Å²) in [7, 11) is 0. The van der Waals surface area contributed by atoms with Gasteiger partial charge in [-0.15, -0.1) is 11.3 Å². The van der Waals surface area contributed by atoms with Crippen LogP contribution in [0, 0.1) is 10.1 Å². The van der Waals surface area contributed by atoms with E-state index in [2.05, 4.69) is 0 Å². The highest BCUT2D eigenvalue weighted by Gasteiger charge is 2.09. The number of non-ortho nitro benzene ring substituents is 1. The van der Waals surface area contributed by atoms with E-state index >= 15 is 0 Å². The molecule has 0 unspecified atom stereocenters. The number of nitro benzene ring substituents is 1. The number of nitrogens with zero attached hydrogens (tertiary/aromatic N) is 1. The summed E-state index contributed by atoms with van der Waals surface area (Å²) in [6.07, 6.45) is 0. The first-order chi connectivity index (χ1) is 9.06. The third kappa shape index (κ3) is 3.29. The fourth-order valence-corrected chi connectivity index (χ4v) is 2.10. The van der Waals surface area contributed by atoms with Crippen LogP contribution in [0.5, 0.6) is 5.75 Å². The standard InChI is InChI=1S/C12H9NO5S/c14-12(15)11-5-10(7-19-11)18-6-8-2-1-3-9(4-8)13(16)17/h1-5,7H,6H2,(H,14,15). The highest BCUT2D eigenvalue weighted by molar-refractivity contribution is 7.12. The van der Waals surface area contributed by atoms with Crippen LogP contribution in [0.2, 0.25) is 0 Å². The molecule has 2 aromatic rings. The molecule has 0 aliphatic rings. The molecule has 1 N–H and O–H groups in total. The zero-order chi connectivity index (χ0) is 13.8. The number of carboxylic acid groups (broad SMARTS) is 1. The van der Waals surface area contributed by atoms with Crippen LogP contribution < -0.4 is 4.74 Å².